The van der Waals surface area contributed by atoms with Crippen LogP contribution in [0.2, 0.25) is 0 Å². The van der Waals surface area contributed by atoms with Crippen LogP contribution in [-0.2, 0) is 0 Å². The normalized spacial score (nSPS) is 31.1. The Balaban J connectivity index is 2.33. The molecule has 1 heterocycles. The van der Waals surface area contributed by atoms with Crippen molar-refractivity contribution in [1.29, 1.82) is 0 Å². The minimum absolute atomic E-state index is 0.427. The standard InChI is InChI=1S/C9H20N2/c1-3-4-5-9(10-2)6-7-11-8-9/h10-11H,3-8H2,1-2H3/t9-/m0/s1. The largest absolute Gasteiger partial charge is 0.315 e. The first-order valence-corrected chi connectivity index (χ1v) is 4.72. The van der Waals surface area contributed by atoms with Gasteiger partial charge < -0.3 is 10.6 Å². The van der Waals surface area contributed by atoms with Gasteiger partial charge in [0, 0.05) is 12.1 Å². The van der Waals surface area contributed by atoms with E-state index in [2.05, 4.69) is 24.6 Å². The molecule has 1 aliphatic rings. The van der Waals surface area contributed by atoms with E-state index in [4.69, 9.17) is 0 Å². The molecule has 11 heavy (non-hydrogen) atoms. The molecule has 0 aliphatic carbocycles. The molecule has 0 unspecified atom stereocenters. The van der Waals surface area contributed by atoms with E-state index < -0.39 is 0 Å². The summed E-state index contributed by atoms with van der Waals surface area (Å²) in [6.45, 7) is 4.60. The van der Waals surface area contributed by atoms with Gasteiger partial charge in [-0.1, -0.05) is 19.8 Å². The highest BCUT2D eigenvalue weighted by atomic mass is 15.1. The minimum atomic E-state index is 0.427. The van der Waals surface area contributed by atoms with Gasteiger partial charge in [0.25, 0.3) is 0 Å². The van der Waals surface area contributed by atoms with Crippen molar-refractivity contribution in [2.45, 2.75) is 38.1 Å². The molecule has 1 atom stereocenters. The van der Waals surface area contributed by atoms with Crippen molar-refractivity contribution in [3.8, 4) is 0 Å². The van der Waals surface area contributed by atoms with Crippen molar-refractivity contribution in [2.24, 2.45) is 0 Å². The lowest BCUT2D eigenvalue weighted by molar-refractivity contribution is 0.345. The maximum atomic E-state index is 3.45. The molecule has 1 fully saturated rings. The van der Waals surface area contributed by atoms with E-state index in [1.54, 1.807) is 0 Å². The van der Waals surface area contributed by atoms with Crippen LogP contribution in [0.3, 0.4) is 0 Å². The maximum Gasteiger partial charge on any atom is 0.0315 e. The molecule has 0 spiro atoms. The minimum Gasteiger partial charge on any atom is -0.315 e. The second-order valence-corrected chi connectivity index (χ2v) is 3.56. The van der Waals surface area contributed by atoms with Crippen molar-refractivity contribution in [2.75, 3.05) is 20.1 Å². The Morgan fingerprint density at radius 3 is 2.82 bits per heavy atom. The zero-order valence-electron chi connectivity index (χ0n) is 7.74. The first-order valence-electron chi connectivity index (χ1n) is 4.72. The SMILES string of the molecule is CCCC[C@]1(NC)CCNC1. The summed E-state index contributed by atoms with van der Waals surface area (Å²) in [5.74, 6) is 0. The van der Waals surface area contributed by atoms with Gasteiger partial charge in [-0.3, -0.25) is 0 Å². The smallest absolute Gasteiger partial charge is 0.0315 e. The summed E-state index contributed by atoms with van der Waals surface area (Å²) in [4.78, 5) is 0. The first-order chi connectivity index (χ1) is 5.33. The molecule has 1 aliphatic heterocycles. The highest BCUT2D eigenvalue weighted by Gasteiger charge is 2.30. The number of hydrogen-bond donors (Lipinski definition) is 2. The van der Waals surface area contributed by atoms with E-state index in [1.165, 1.54) is 32.2 Å². The molecule has 2 nitrogen and oxygen atoms in total. The molecule has 2 N–H and O–H groups in total. The van der Waals surface area contributed by atoms with Gasteiger partial charge >= 0.3 is 0 Å². The van der Waals surface area contributed by atoms with Crippen LogP contribution in [0.15, 0.2) is 0 Å². The molecule has 66 valence electrons. The predicted octanol–water partition coefficient (Wildman–Crippen LogP) is 1.13. The zero-order valence-corrected chi connectivity index (χ0v) is 7.74. The first kappa shape index (κ1) is 9.01. The van der Waals surface area contributed by atoms with Crippen LogP contribution in [0.5, 0.6) is 0 Å². The molecule has 0 aromatic rings. The van der Waals surface area contributed by atoms with E-state index in [9.17, 15) is 0 Å². The van der Waals surface area contributed by atoms with Crippen LogP contribution in [-0.4, -0.2) is 25.7 Å². The Morgan fingerprint density at radius 2 is 2.36 bits per heavy atom. The number of likely N-dealkylation sites (N-methyl/N-ethyl adjacent to an activating group) is 1. The molecule has 0 saturated carbocycles. The average molecular weight is 156 g/mol. The fourth-order valence-corrected chi connectivity index (χ4v) is 1.81. The lowest BCUT2D eigenvalue weighted by Gasteiger charge is -2.27. The summed E-state index contributed by atoms with van der Waals surface area (Å²) in [5.41, 5.74) is 0.427. The zero-order chi connectivity index (χ0) is 8.16. The van der Waals surface area contributed by atoms with Crippen LogP contribution >= 0.6 is 0 Å². The number of rotatable bonds is 4. The van der Waals surface area contributed by atoms with Gasteiger partial charge in [0.05, 0.1) is 0 Å². The molecule has 0 aromatic carbocycles. The maximum absolute atomic E-state index is 3.45. The summed E-state index contributed by atoms with van der Waals surface area (Å²) in [5, 5.41) is 6.86. The van der Waals surface area contributed by atoms with Crippen molar-refractivity contribution >= 4 is 0 Å². The monoisotopic (exact) mass is 156 g/mol. The third kappa shape index (κ3) is 2.17. The van der Waals surface area contributed by atoms with Gasteiger partial charge in [-0.15, -0.1) is 0 Å². The Bertz CT molecular complexity index is 106. The summed E-state index contributed by atoms with van der Waals surface area (Å²) in [7, 11) is 2.09. The van der Waals surface area contributed by atoms with E-state index in [1.807, 2.05) is 0 Å². The summed E-state index contributed by atoms with van der Waals surface area (Å²) in [6.07, 6.45) is 5.28. The molecule has 1 saturated heterocycles. The van der Waals surface area contributed by atoms with Crippen LogP contribution in [0.1, 0.15) is 32.6 Å². The molecule has 2 heteroatoms. The molecular formula is C9H20N2. The third-order valence-electron chi connectivity index (χ3n) is 2.78. The average Bonchev–Trinajstić information content (AvgIpc) is 2.50. The fourth-order valence-electron chi connectivity index (χ4n) is 1.81. The lowest BCUT2D eigenvalue weighted by atomic mass is 9.92. The number of hydrogen-bond acceptors (Lipinski definition) is 2. The number of unbranched alkanes of at least 4 members (excludes halogenated alkanes) is 1. The Labute approximate surface area is 69.8 Å². The van der Waals surface area contributed by atoms with Crippen LogP contribution in [0.25, 0.3) is 0 Å². The van der Waals surface area contributed by atoms with Crippen LogP contribution in [0.4, 0.5) is 0 Å². The fraction of sp³-hybridized carbons (Fsp3) is 1.00. The van der Waals surface area contributed by atoms with E-state index in [-0.39, 0.29) is 0 Å². The lowest BCUT2D eigenvalue weighted by Crippen LogP contribution is -2.44. The molecule has 0 aromatic heterocycles. The number of nitrogens with one attached hydrogen (secondary N) is 2. The van der Waals surface area contributed by atoms with Gasteiger partial charge in [0.2, 0.25) is 0 Å². The van der Waals surface area contributed by atoms with Crippen molar-refractivity contribution < 1.29 is 0 Å². The molecule has 0 radical (unpaired) electrons. The Kier molecular flexibility index (Phi) is 3.34. The topological polar surface area (TPSA) is 24.1 Å². The molecular weight excluding hydrogens is 136 g/mol. The Morgan fingerprint density at radius 1 is 1.55 bits per heavy atom. The van der Waals surface area contributed by atoms with Gasteiger partial charge in [-0.05, 0) is 26.4 Å². The highest BCUT2D eigenvalue weighted by Crippen LogP contribution is 2.20. The van der Waals surface area contributed by atoms with Crippen molar-refractivity contribution in [3.63, 3.8) is 0 Å². The third-order valence-corrected chi connectivity index (χ3v) is 2.78. The second kappa shape index (κ2) is 4.07. The van der Waals surface area contributed by atoms with E-state index >= 15 is 0 Å². The second-order valence-electron chi connectivity index (χ2n) is 3.56. The quantitative estimate of drug-likeness (QED) is 0.637. The highest BCUT2D eigenvalue weighted by molar-refractivity contribution is 4.94. The van der Waals surface area contributed by atoms with Gasteiger partial charge in [-0.2, -0.15) is 0 Å². The summed E-state index contributed by atoms with van der Waals surface area (Å²) in [6, 6.07) is 0. The Hall–Kier alpha value is -0.0800. The van der Waals surface area contributed by atoms with Crippen molar-refractivity contribution in [1.82, 2.24) is 10.6 Å². The molecule has 0 bridgehead atoms. The van der Waals surface area contributed by atoms with E-state index in [0.29, 0.717) is 5.54 Å². The summed E-state index contributed by atoms with van der Waals surface area (Å²) < 4.78 is 0. The van der Waals surface area contributed by atoms with Gasteiger partial charge in [0.15, 0.2) is 0 Å². The van der Waals surface area contributed by atoms with Gasteiger partial charge in [-0.25, -0.2) is 0 Å². The van der Waals surface area contributed by atoms with Crippen LogP contribution in [0, 0.1) is 0 Å². The predicted molar refractivity (Wildman–Crippen MR) is 48.8 cm³/mol. The van der Waals surface area contributed by atoms with Crippen LogP contribution < -0.4 is 10.6 Å². The molecule has 1 rings (SSSR count). The summed E-state index contributed by atoms with van der Waals surface area (Å²) >= 11 is 0. The van der Waals surface area contributed by atoms with Gasteiger partial charge in [0.1, 0.15) is 0 Å². The van der Waals surface area contributed by atoms with Crippen molar-refractivity contribution in [3.05, 3.63) is 0 Å². The van der Waals surface area contributed by atoms with E-state index in [0.717, 1.165) is 6.54 Å². The molecule has 0 amide bonds.